The molecule has 1 atom stereocenters. The summed E-state index contributed by atoms with van der Waals surface area (Å²) in [4.78, 5) is 26.0. The number of ketones is 1. The molecule has 1 amide bonds. The minimum absolute atomic E-state index is 0.00774. The molecule has 1 fully saturated rings. The summed E-state index contributed by atoms with van der Waals surface area (Å²) in [5.41, 5.74) is 0.174. The Balaban J connectivity index is 2.34. The molecule has 4 heteroatoms. The second kappa shape index (κ2) is 4.82. The largest absolute Gasteiger partial charge is 0.302 e. The maximum Gasteiger partial charge on any atom is 0.228 e. The molecule has 0 aromatic carbocycles. The predicted molar refractivity (Wildman–Crippen MR) is 77.4 cm³/mol. The van der Waals surface area contributed by atoms with Crippen molar-refractivity contribution >= 4 is 28.0 Å². The van der Waals surface area contributed by atoms with Crippen LogP contribution in [-0.4, -0.2) is 18.2 Å². The molecule has 1 aromatic heterocycles. The van der Waals surface area contributed by atoms with Crippen molar-refractivity contribution in [1.82, 2.24) is 0 Å². The molecule has 1 saturated heterocycles. The number of amides is 1. The fraction of sp³-hybridized carbons (Fsp3) is 0.467. The zero-order valence-electron chi connectivity index (χ0n) is 11.4. The van der Waals surface area contributed by atoms with Crippen LogP contribution in [0.5, 0.6) is 0 Å². The van der Waals surface area contributed by atoms with Gasteiger partial charge in [-0.05, 0) is 11.4 Å². The van der Waals surface area contributed by atoms with Crippen molar-refractivity contribution in [3.8, 4) is 12.3 Å². The topological polar surface area (TPSA) is 37.4 Å². The van der Waals surface area contributed by atoms with Crippen molar-refractivity contribution < 1.29 is 9.59 Å². The van der Waals surface area contributed by atoms with Crippen molar-refractivity contribution in [3.63, 3.8) is 0 Å². The monoisotopic (exact) mass is 275 g/mol. The standard InChI is InChI=1S/C15H17NO2S/c1-5-10-8-12(17)16(9-10)14-11(6-7-19-14)13(18)15(2,3)4/h1,6-7,10H,8-9H2,2-4H3. The first-order valence-corrected chi connectivity index (χ1v) is 7.11. The molecule has 100 valence electrons. The summed E-state index contributed by atoms with van der Waals surface area (Å²) in [5.74, 6) is 2.64. The molecule has 0 N–H and O–H groups in total. The number of hydrogen-bond donors (Lipinski definition) is 0. The fourth-order valence-electron chi connectivity index (χ4n) is 2.10. The molecule has 19 heavy (non-hydrogen) atoms. The van der Waals surface area contributed by atoms with Crippen molar-refractivity contribution in [1.29, 1.82) is 0 Å². The second-order valence-corrected chi connectivity index (χ2v) is 6.69. The van der Waals surface area contributed by atoms with Gasteiger partial charge in [-0.1, -0.05) is 20.8 Å². The second-order valence-electron chi connectivity index (χ2n) is 5.79. The third kappa shape index (κ3) is 2.57. The quantitative estimate of drug-likeness (QED) is 0.614. The molecule has 1 unspecified atom stereocenters. The first-order chi connectivity index (χ1) is 8.84. The Morgan fingerprint density at radius 3 is 2.74 bits per heavy atom. The average molecular weight is 275 g/mol. The Hall–Kier alpha value is -1.60. The molecule has 0 radical (unpaired) electrons. The van der Waals surface area contributed by atoms with E-state index in [0.717, 1.165) is 5.00 Å². The molecule has 0 aliphatic carbocycles. The number of rotatable bonds is 2. The molecule has 1 aliphatic heterocycles. The van der Waals surface area contributed by atoms with Gasteiger partial charge in [0.2, 0.25) is 5.91 Å². The fourth-order valence-corrected chi connectivity index (χ4v) is 3.03. The van der Waals surface area contributed by atoms with E-state index in [4.69, 9.17) is 6.42 Å². The molecule has 0 bridgehead atoms. The lowest BCUT2D eigenvalue weighted by molar-refractivity contribution is -0.117. The normalized spacial score (nSPS) is 19.6. The van der Waals surface area contributed by atoms with Crippen LogP contribution in [0.1, 0.15) is 37.6 Å². The van der Waals surface area contributed by atoms with Crippen LogP contribution in [0.25, 0.3) is 0 Å². The predicted octanol–water partition coefficient (Wildman–Crippen LogP) is 2.96. The molecule has 1 aliphatic rings. The molecule has 0 saturated carbocycles. The van der Waals surface area contributed by atoms with Gasteiger partial charge in [-0.15, -0.1) is 23.7 Å². The highest BCUT2D eigenvalue weighted by Gasteiger charge is 2.34. The van der Waals surface area contributed by atoms with Crippen LogP contribution < -0.4 is 4.90 Å². The van der Waals surface area contributed by atoms with Gasteiger partial charge in [0.15, 0.2) is 5.78 Å². The zero-order chi connectivity index (χ0) is 14.2. The number of carbonyl (C=O) groups is 2. The number of terminal acetylenes is 1. The summed E-state index contributed by atoms with van der Waals surface area (Å²) in [6.45, 7) is 6.16. The van der Waals surface area contributed by atoms with E-state index in [2.05, 4.69) is 5.92 Å². The Kier molecular flexibility index (Phi) is 3.51. The van der Waals surface area contributed by atoms with Crippen LogP contribution in [0.3, 0.4) is 0 Å². The number of thiophene rings is 1. The molecule has 0 spiro atoms. The van der Waals surface area contributed by atoms with Crippen molar-refractivity contribution in [3.05, 3.63) is 17.0 Å². The first kappa shape index (κ1) is 13.8. The van der Waals surface area contributed by atoms with Crippen LogP contribution in [-0.2, 0) is 4.79 Å². The molecule has 3 nitrogen and oxygen atoms in total. The Morgan fingerprint density at radius 1 is 1.53 bits per heavy atom. The summed E-state index contributed by atoms with van der Waals surface area (Å²) >= 11 is 1.42. The van der Waals surface area contributed by atoms with E-state index in [1.54, 1.807) is 11.0 Å². The van der Waals surface area contributed by atoms with Crippen LogP contribution in [0.4, 0.5) is 5.00 Å². The van der Waals surface area contributed by atoms with E-state index in [0.29, 0.717) is 18.5 Å². The van der Waals surface area contributed by atoms with Gasteiger partial charge >= 0.3 is 0 Å². The molecular weight excluding hydrogens is 258 g/mol. The number of carbonyl (C=O) groups excluding carboxylic acids is 2. The number of Topliss-reactive ketones (excluding diaryl/α,β-unsaturated/α-hetero) is 1. The van der Waals surface area contributed by atoms with Crippen LogP contribution in [0.2, 0.25) is 0 Å². The smallest absolute Gasteiger partial charge is 0.228 e. The van der Waals surface area contributed by atoms with E-state index >= 15 is 0 Å². The van der Waals surface area contributed by atoms with Gasteiger partial charge in [0.1, 0.15) is 5.00 Å². The van der Waals surface area contributed by atoms with E-state index in [-0.39, 0.29) is 17.6 Å². The first-order valence-electron chi connectivity index (χ1n) is 6.23. The SMILES string of the molecule is C#CC1CC(=O)N(c2sccc2C(=O)C(C)(C)C)C1. The summed E-state index contributed by atoms with van der Waals surface area (Å²) in [6, 6.07) is 1.80. The highest BCUT2D eigenvalue weighted by molar-refractivity contribution is 7.14. The van der Waals surface area contributed by atoms with Gasteiger partial charge < -0.3 is 4.90 Å². The third-order valence-electron chi connectivity index (χ3n) is 3.18. The van der Waals surface area contributed by atoms with Gasteiger partial charge in [0.05, 0.1) is 5.56 Å². The van der Waals surface area contributed by atoms with Gasteiger partial charge in [0.25, 0.3) is 0 Å². The zero-order valence-corrected chi connectivity index (χ0v) is 12.2. The summed E-state index contributed by atoms with van der Waals surface area (Å²) in [6.07, 6.45) is 5.76. The maximum atomic E-state index is 12.4. The average Bonchev–Trinajstić information content (AvgIpc) is 2.92. The van der Waals surface area contributed by atoms with E-state index in [1.165, 1.54) is 11.3 Å². The third-order valence-corrected chi connectivity index (χ3v) is 4.11. The van der Waals surface area contributed by atoms with Gasteiger partial charge in [0, 0.05) is 24.3 Å². The summed E-state index contributed by atoms with van der Waals surface area (Å²) in [7, 11) is 0. The lowest BCUT2D eigenvalue weighted by Gasteiger charge is -2.20. The van der Waals surface area contributed by atoms with Crippen molar-refractivity contribution in [2.75, 3.05) is 11.4 Å². The van der Waals surface area contributed by atoms with Crippen LogP contribution in [0.15, 0.2) is 11.4 Å². The number of anilines is 1. The van der Waals surface area contributed by atoms with E-state index < -0.39 is 5.41 Å². The summed E-state index contributed by atoms with van der Waals surface area (Å²) in [5, 5.41) is 2.59. The van der Waals surface area contributed by atoms with E-state index in [9.17, 15) is 9.59 Å². The van der Waals surface area contributed by atoms with Crippen LogP contribution >= 0.6 is 11.3 Å². The van der Waals surface area contributed by atoms with Gasteiger partial charge in [-0.2, -0.15) is 0 Å². The highest BCUT2D eigenvalue weighted by Crippen LogP contribution is 2.36. The van der Waals surface area contributed by atoms with Crippen molar-refractivity contribution in [2.45, 2.75) is 27.2 Å². The molecule has 1 aromatic rings. The Labute approximate surface area is 117 Å². The molecule has 2 heterocycles. The lowest BCUT2D eigenvalue weighted by atomic mass is 9.87. The minimum Gasteiger partial charge on any atom is -0.302 e. The number of nitrogens with zero attached hydrogens (tertiary/aromatic N) is 1. The Morgan fingerprint density at radius 2 is 2.21 bits per heavy atom. The van der Waals surface area contributed by atoms with Gasteiger partial charge in [-0.3, -0.25) is 9.59 Å². The minimum atomic E-state index is -0.454. The van der Waals surface area contributed by atoms with Crippen LogP contribution in [0, 0.1) is 23.7 Å². The lowest BCUT2D eigenvalue weighted by Crippen LogP contribution is -2.27. The number of hydrogen-bond acceptors (Lipinski definition) is 3. The van der Waals surface area contributed by atoms with E-state index in [1.807, 2.05) is 26.2 Å². The van der Waals surface area contributed by atoms with Crippen molar-refractivity contribution in [2.24, 2.45) is 11.3 Å². The highest BCUT2D eigenvalue weighted by atomic mass is 32.1. The van der Waals surface area contributed by atoms with Gasteiger partial charge in [-0.25, -0.2) is 0 Å². The molecular formula is C15H17NO2S. The molecule has 2 rings (SSSR count). The Bertz CT molecular complexity index is 559. The summed E-state index contributed by atoms with van der Waals surface area (Å²) < 4.78 is 0. The maximum absolute atomic E-state index is 12.4.